The Balaban J connectivity index is 1.40. The Morgan fingerprint density at radius 3 is 2.62 bits per heavy atom. The largest absolute Gasteiger partial charge is 0.348 e. The van der Waals surface area contributed by atoms with Gasteiger partial charge in [0, 0.05) is 32.5 Å². The van der Waals surface area contributed by atoms with Crippen molar-refractivity contribution in [3.05, 3.63) is 64.2 Å². The van der Waals surface area contributed by atoms with E-state index in [0.717, 1.165) is 5.56 Å². The lowest BCUT2D eigenvalue weighted by Gasteiger charge is -2.42. The lowest BCUT2D eigenvalue weighted by molar-refractivity contribution is -0.150. The molecule has 2 N–H and O–H groups in total. The van der Waals surface area contributed by atoms with E-state index in [1.165, 1.54) is 4.90 Å². The summed E-state index contributed by atoms with van der Waals surface area (Å²) in [5, 5.41) is 18.8. The molecule has 1 fully saturated rings. The van der Waals surface area contributed by atoms with Gasteiger partial charge >= 0.3 is 0 Å². The van der Waals surface area contributed by atoms with Crippen LogP contribution in [0.25, 0.3) is 0 Å². The van der Waals surface area contributed by atoms with Crippen LogP contribution in [0.5, 0.6) is 0 Å². The van der Waals surface area contributed by atoms with Crippen LogP contribution in [-0.2, 0) is 45.2 Å². The average molecular weight is 596 g/mol. The Labute approximate surface area is 248 Å². The quantitative estimate of drug-likeness (QED) is 0.449. The fourth-order valence-corrected chi connectivity index (χ4v) is 5.43. The molecule has 0 radical (unpaired) electrons. The summed E-state index contributed by atoms with van der Waals surface area (Å²) in [6, 6.07) is 7.55. The SMILES string of the molecule is Cc1nn(CC(=O)N2CCN3C(=O)[C@H](Cc4ccccc4)NC(=O)CCCn4cc(nn4)CNC(=O)[C@H]3C2)c(C)c1Cl. The molecule has 0 saturated carbocycles. The molecule has 0 spiro atoms. The summed E-state index contributed by atoms with van der Waals surface area (Å²) in [5.41, 5.74) is 2.73. The molecular formula is C28H34ClN9O4. The lowest BCUT2D eigenvalue weighted by Crippen LogP contribution is -2.64. The molecule has 2 aliphatic rings. The number of benzene rings is 1. The minimum atomic E-state index is -0.977. The molecule has 5 rings (SSSR count). The molecule has 3 aromatic rings. The second-order valence-electron chi connectivity index (χ2n) is 10.6. The Hall–Kier alpha value is -4.26. The van der Waals surface area contributed by atoms with Gasteiger partial charge in [0.05, 0.1) is 35.7 Å². The van der Waals surface area contributed by atoms with Crippen molar-refractivity contribution in [3.63, 3.8) is 0 Å². The van der Waals surface area contributed by atoms with Crippen LogP contribution in [0.4, 0.5) is 0 Å². The summed E-state index contributed by atoms with van der Waals surface area (Å²) in [6.45, 7) is 4.43. The number of rotatable bonds is 4. The fourth-order valence-electron chi connectivity index (χ4n) is 5.30. The van der Waals surface area contributed by atoms with Crippen molar-refractivity contribution in [3.8, 4) is 0 Å². The van der Waals surface area contributed by atoms with Crippen LogP contribution >= 0.6 is 11.6 Å². The van der Waals surface area contributed by atoms with Gasteiger partial charge in [-0.25, -0.2) is 0 Å². The van der Waals surface area contributed by atoms with Crippen LogP contribution < -0.4 is 10.6 Å². The van der Waals surface area contributed by atoms with Gasteiger partial charge in [0.2, 0.25) is 23.6 Å². The van der Waals surface area contributed by atoms with E-state index < -0.39 is 18.0 Å². The number of halogens is 1. The van der Waals surface area contributed by atoms with E-state index >= 15 is 0 Å². The summed E-state index contributed by atoms with van der Waals surface area (Å²) >= 11 is 6.26. The maximum absolute atomic E-state index is 14.0. The first kappa shape index (κ1) is 29.2. The predicted octanol–water partition coefficient (Wildman–Crippen LogP) is 0.622. The molecule has 1 saturated heterocycles. The Morgan fingerprint density at radius 1 is 1.10 bits per heavy atom. The number of aryl methyl sites for hydroxylation is 2. The zero-order chi connectivity index (χ0) is 29.8. The van der Waals surface area contributed by atoms with Crippen molar-refractivity contribution in [2.45, 2.75) is 64.8 Å². The van der Waals surface area contributed by atoms with Gasteiger partial charge < -0.3 is 20.4 Å². The molecule has 2 bridgehead atoms. The molecule has 1 aromatic carbocycles. The second-order valence-corrected chi connectivity index (χ2v) is 11.0. The van der Waals surface area contributed by atoms with Gasteiger partial charge in [-0.05, 0) is 25.8 Å². The van der Waals surface area contributed by atoms with Gasteiger partial charge in [0.1, 0.15) is 24.3 Å². The maximum atomic E-state index is 14.0. The van der Waals surface area contributed by atoms with E-state index in [1.807, 2.05) is 30.3 Å². The zero-order valence-corrected chi connectivity index (χ0v) is 24.4. The van der Waals surface area contributed by atoms with Crippen LogP contribution in [-0.4, -0.2) is 89.9 Å². The predicted molar refractivity (Wildman–Crippen MR) is 152 cm³/mol. The molecule has 222 valence electrons. The van der Waals surface area contributed by atoms with Crippen molar-refractivity contribution < 1.29 is 19.2 Å². The first-order chi connectivity index (χ1) is 20.2. The molecule has 0 aliphatic carbocycles. The third-order valence-corrected chi connectivity index (χ3v) is 8.18. The number of piperazine rings is 1. The summed E-state index contributed by atoms with van der Waals surface area (Å²) in [4.78, 5) is 57.0. The van der Waals surface area contributed by atoms with Gasteiger partial charge in [-0.15, -0.1) is 5.10 Å². The number of fused-ring (bicyclic) bond motifs is 3. The fraction of sp³-hybridized carbons (Fsp3) is 0.464. The third kappa shape index (κ3) is 6.62. The van der Waals surface area contributed by atoms with Crippen molar-refractivity contribution >= 4 is 35.2 Å². The molecule has 4 amide bonds. The molecule has 13 nitrogen and oxygen atoms in total. The van der Waals surface area contributed by atoms with E-state index in [9.17, 15) is 19.2 Å². The number of carbonyl (C=O) groups is 4. The monoisotopic (exact) mass is 595 g/mol. The molecule has 2 aliphatic heterocycles. The van der Waals surface area contributed by atoms with Gasteiger partial charge in [-0.2, -0.15) is 5.10 Å². The third-order valence-electron chi connectivity index (χ3n) is 7.63. The molecular weight excluding hydrogens is 562 g/mol. The van der Waals surface area contributed by atoms with Crippen LogP contribution in [0.2, 0.25) is 5.02 Å². The van der Waals surface area contributed by atoms with Crippen LogP contribution in [0.3, 0.4) is 0 Å². The Bertz CT molecular complexity index is 1470. The van der Waals surface area contributed by atoms with Gasteiger partial charge in [0.15, 0.2) is 0 Å². The van der Waals surface area contributed by atoms with Crippen molar-refractivity contribution in [1.29, 1.82) is 0 Å². The molecule has 2 aromatic heterocycles. The summed E-state index contributed by atoms with van der Waals surface area (Å²) < 4.78 is 3.17. The number of carbonyl (C=O) groups excluding carboxylic acids is 4. The number of hydrogen-bond donors (Lipinski definition) is 2. The molecule has 2 atom stereocenters. The first-order valence-electron chi connectivity index (χ1n) is 14.0. The van der Waals surface area contributed by atoms with Gasteiger partial charge in [0.25, 0.3) is 0 Å². The highest BCUT2D eigenvalue weighted by molar-refractivity contribution is 6.31. The van der Waals surface area contributed by atoms with Crippen LogP contribution in [0, 0.1) is 13.8 Å². The normalized spacial score (nSPS) is 20.3. The van der Waals surface area contributed by atoms with E-state index in [4.69, 9.17) is 11.6 Å². The van der Waals surface area contributed by atoms with Crippen LogP contribution in [0.15, 0.2) is 36.5 Å². The smallest absolute Gasteiger partial charge is 0.246 e. The standard InChI is InChI=1S/C28H34ClN9O4/c1-18-26(29)19(2)38(33-18)17-25(40)35-11-12-37-23(16-35)27(41)30-14-21-15-36(34-32-21)10-6-9-24(39)31-22(28(37)42)13-20-7-4-3-5-8-20/h3-5,7-8,15,22-23H,6,9-14,16-17H2,1-2H3,(H,30,41)(H,31,39)/t22-,23+/m0/s1. The van der Waals surface area contributed by atoms with Crippen molar-refractivity contribution in [2.75, 3.05) is 19.6 Å². The molecule has 42 heavy (non-hydrogen) atoms. The number of nitrogens with one attached hydrogen (secondary N) is 2. The molecule has 4 heterocycles. The topological polar surface area (TPSA) is 147 Å². The minimum Gasteiger partial charge on any atom is -0.348 e. The second kappa shape index (κ2) is 12.7. The van der Waals surface area contributed by atoms with E-state index in [2.05, 4.69) is 26.0 Å². The summed E-state index contributed by atoms with van der Waals surface area (Å²) in [7, 11) is 0. The van der Waals surface area contributed by atoms with Crippen molar-refractivity contribution in [2.24, 2.45) is 0 Å². The highest BCUT2D eigenvalue weighted by Crippen LogP contribution is 2.20. The van der Waals surface area contributed by atoms with Gasteiger partial charge in [-0.3, -0.25) is 28.5 Å². The number of nitrogens with zero attached hydrogens (tertiary/aromatic N) is 7. The average Bonchev–Trinajstić information content (AvgIpc) is 3.54. The summed E-state index contributed by atoms with van der Waals surface area (Å²) in [5.74, 6) is -1.31. The minimum absolute atomic E-state index is 0.0118. The first-order valence-corrected chi connectivity index (χ1v) is 14.3. The van der Waals surface area contributed by atoms with E-state index in [1.54, 1.807) is 34.3 Å². The van der Waals surface area contributed by atoms with Gasteiger partial charge in [-0.1, -0.05) is 47.1 Å². The Kier molecular flexibility index (Phi) is 8.86. The lowest BCUT2D eigenvalue weighted by atomic mass is 10.0. The maximum Gasteiger partial charge on any atom is 0.246 e. The highest BCUT2D eigenvalue weighted by atomic mass is 35.5. The summed E-state index contributed by atoms with van der Waals surface area (Å²) in [6.07, 6.45) is 2.70. The van der Waals surface area contributed by atoms with Crippen LogP contribution in [0.1, 0.15) is 35.5 Å². The zero-order valence-electron chi connectivity index (χ0n) is 23.6. The number of amides is 4. The van der Waals surface area contributed by atoms with E-state index in [0.29, 0.717) is 35.1 Å². The van der Waals surface area contributed by atoms with E-state index in [-0.39, 0.29) is 63.3 Å². The van der Waals surface area contributed by atoms with Crippen molar-refractivity contribution in [1.82, 2.24) is 45.2 Å². The molecule has 0 unspecified atom stereocenters. The number of aromatic nitrogens is 5. The highest BCUT2D eigenvalue weighted by Gasteiger charge is 2.40. The Morgan fingerprint density at radius 2 is 1.88 bits per heavy atom. The number of hydrogen-bond acceptors (Lipinski definition) is 7. The molecule has 14 heteroatoms.